The van der Waals surface area contributed by atoms with Gasteiger partial charge in [0, 0.05) is 24.5 Å². The van der Waals surface area contributed by atoms with Crippen LogP contribution in [0.2, 0.25) is 0 Å². The maximum absolute atomic E-state index is 7.64. The molecule has 5 nitrogen and oxygen atoms in total. The average Bonchev–Trinajstić information content (AvgIpc) is 2.33. The highest BCUT2D eigenvalue weighted by Gasteiger charge is 2.17. The molecular weight excluding hydrogens is 270 g/mol. The van der Waals surface area contributed by atoms with E-state index < -0.39 is 0 Å². The Morgan fingerprint density at radius 2 is 2.00 bits per heavy atom. The molecule has 1 rings (SSSR count). The van der Waals surface area contributed by atoms with E-state index >= 15 is 0 Å². The van der Waals surface area contributed by atoms with Crippen molar-refractivity contribution in [3.05, 3.63) is 30.1 Å². The van der Waals surface area contributed by atoms with Crippen LogP contribution in [-0.4, -0.2) is 33.0 Å². The van der Waals surface area contributed by atoms with Crippen LogP contribution in [0, 0.1) is 5.41 Å². The van der Waals surface area contributed by atoms with Crippen molar-refractivity contribution in [3.8, 4) is 0 Å². The number of hydrogen-bond donors (Lipinski definition) is 3. The third kappa shape index (κ3) is 5.97. The molecule has 0 aliphatic rings. The fourth-order valence-electron chi connectivity index (χ4n) is 1.71. The summed E-state index contributed by atoms with van der Waals surface area (Å²) in [4.78, 5) is 5.62. The minimum absolute atomic E-state index is 0.0264. The summed E-state index contributed by atoms with van der Waals surface area (Å²) in [5.74, 6) is -0.0264. The number of rotatable bonds is 4. The van der Waals surface area contributed by atoms with Gasteiger partial charge in [0.2, 0.25) is 0 Å². The summed E-state index contributed by atoms with van der Waals surface area (Å²) in [7, 11) is 0. The van der Waals surface area contributed by atoms with Crippen LogP contribution in [0.25, 0.3) is 0 Å². The molecule has 20 heavy (non-hydrogen) atoms. The molecule has 1 aromatic heterocycles. The quantitative estimate of drug-likeness (QED) is 0.449. The van der Waals surface area contributed by atoms with E-state index in [9.17, 15) is 0 Å². The van der Waals surface area contributed by atoms with Crippen molar-refractivity contribution in [1.82, 2.24) is 15.2 Å². The molecule has 0 radical (unpaired) electrons. The summed E-state index contributed by atoms with van der Waals surface area (Å²) < 4.78 is 0. The number of nitrogens with two attached hydrogens (primary N) is 1. The summed E-state index contributed by atoms with van der Waals surface area (Å²) in [5, 5.41) is 11.3. The molecule has 0 bridgehead atoms. The highest BCUT2D eigenvalue weighted by molar-refractivity contribution is 7.80. The zero-order chi connectivity index (χ0) is 15.2. The minimum Gasteiger partial charge on any atom is -0.370 e. The summed E-state index contributed by atoms with van der Waals surface area (Å²) in [6, 6.07) is 3.98. The average molecular weight is 293 g/mol. The highest BCUT2D eigenvalue weighted by Crippen LogP contribution is 2.05. The first-order valence-corrected chi connectivity index (χ1v) is 7.03. The van der Waals surface area contributed by atoms with Gasteiger partial charge in [0.1, 0.15) is 0 Å². The molecule has 0 aliphatic heterocycles. The number of guanidine groups is 1. The molecule has 4 N–H and O–H groups in total. The van der Waals surface area contributed by atoms with Crippen LogP contribution in [0.1, 0.15) is 32.8 Å². The van der Waals surface area contributed by atoms with Gasteiger partial charge >= 0.3 is 0 Å². The second-order valence-corrected chi connectivity index (χ2v) is 6.06. The Morgan fingerprint density at radius 1 is 1.40 bits per heavy atom. The molecule has 0 saturated heterocycles. The van der Waals surface area contributed by atoms with Gasteiger partial charge in [-0.25, -0.2) is 0 Å². The second-order valence-electron chi connectivity index (χ2n) is 5.68. The van der Waals surface area contributed by atoms with Crippen LogP contribution in [0.15, 0.2) is 24.5 Å². The summed E-state index contributed by atoms with van der Waals surface area (Å²) >= 11 is 5.31. The molecule has 6 heteroatoms. The Balaban J connectivity index is 2.51. The molecule has 0 unspecified atom stereocenters. The molecule has 0 aliphatic carbocycles. The minimum atomic E-state index is -0.143. The van der Waals surface area contributed by atoms with Gasteiger partial charge in [-0.1, -0.05) is 0 Å². The molecule has 1 heterocycles. The fourth-order valence-corrected chi connectivity index (χ4v) is 2.21. The van der Waals surface area contributed by atoms with Gasteiger partial charge in [0.15, 0.2) is 11.1 Å². The monoisotopic (exact) mass is 293 g/mol. The Bertz CT molecular complexity index is 452. The van der Waals surface area contributed by atoms with Gasteiger partial charge in [-0.05, 0) is 63.5 Å². The van der Waals surface area contributed by atoms with Gasteiger partial charge < -0.3 is 11.1 Å². The van der Waals surface area contributed by atoms with Crippen LogP contribution in [0.5, 0.6) is 0 Å². The summed E-state index contributed by atoms with van der Waals surface area (Å²) in [5.41, 5.74) is 6.69. The SMILES string of the molecule is CC(C)(C)NC(=S)N(CCCc1ccncc1)C(=N)N. The van der Waals surface area contributed by atoms with Crippen molar-refractivity contribution in [2.24, 2.45) is 5.73 Å². The lowest BCUT2D eigenvalue weighted by Crippen LogP contribution is -2.52. The van der Waals surface area contributed by atoms with E-state index in [1.54, 1.807) is 17.3 Å². The standard InChI is InChI=1S/C14H23N5S/c1-14(2,3)18-13(20)19(12(15)16)10-4-5-11-6-8-17-9-7-11/h6-9H,4-5,10H2,1-3H3,(H3,15,16)(H,18,20). The van der Waals surface area contributed by atoms with Crippen LogP contribution in [-0.2, 0) is 6.42 Å². The maximum Gasteiger partial charge on any atom is 0.194 e. The lowest BCUT2D eigenvalue weighted by Gasteiger charge is -2.30. The van der Waals surface area contributed by atoms with E-state index in [0.717, 1.165) is 12.8 Å². The lowest BCUT2D eigenvalue weighted by atomic mass is 10.1. The van der Waals surface area contributed by atoms with Gasteiger partial charge in [0.05, 0.1) is 0 Å². The van der Waals surface area contributed by atoms with Crippen molar-refractivity contribution in [1.29, 1.82) is 5.41 Å². The van der Waals surface area contributed by atoms with Crippen LogP contribution in [0.3, 0.4) is 0 Å². The Morgan fingerprint density at radius 3 is 2.50 bits per heavy atom. The number of aromatic nitrogens is 1. The summed E-state index contributed by atoms with van der Waals surface area (Å²) in [6.07, 6.45) is 5.34. The largest absolute Gasteiger partial charge is 0.370 e. The molecular formula is C14H23N5S. The molecule has 110 valence electrons. The molecule has 0 atom stereocenters. The van der Waals surface area contributed by atoms with Crippen molar-refractivity contribution >= 4 is 23.3 Å². The molecule has 0 aromatic carbocycles. The van der Waals surface area contributed by atoms with Gasteiger partial charge in [-0.3, -0.25) is 15.3 Å². The highest BCUT2D eigenvalue weighted by atomic mass is 32.1. The molecule has 0 spiro atoms. The normalized spacial score (nSPS) is 10.9. The first-order chi connectivity index (χ1) is 9.29. The topological polar surface area (TPSA) is 78.0 Å². The van der Waals surface area contributed by atoms with E-state index in [4.69, 9.17) is 23.4 Å². The fraction of sp³-hybridized carbons (Fsp3) is 0.500. The lowest BCUT2D eigenvalue weighted by molar-refractivity contribution is 0.470. The molecule has 0 saturated carbocycles. The second kappa shape index (κ2) is 7.19. The van der Waals surface area contributed by atoms with Gasteiger partial charge in [0.25, 0.3) is 0 Å². The number of hydrogen-bond acceptors (Lipinski definition) is 3. The third-order valence-electron chi connectivity index (χ3n) is 2.61. The smallest absolute Gasteiger partial charge is 0.194 e. The van der Waals surface area contributed by atoms with E-state index in [0.29, 0.717) is 11.7 Å². The number of thiocarbonyl (C=S) groups is 1. The van der Waals surface area contributed by atoms with Gasteiger partial charge in [-0.2, -0.15) is 0 Å². The maximum atomic E-state index is 7.64. The third-order valence-corrected chi connectivity index (χ3v) is 2.94. The molecule has 0 amide bonds. The zero-order valence-corrected chi connectivity index (χ0v) is 13.1. The first kappa shape index (κ1) is 16.4. The van der Waals surface area contributed by atoms with E-state index in [2.05, 4.69) is 10.3 Å². The number of nitrogens with zero attached hydrogens (tertiary/aromatic N) is 2. The number of pyridine rings is 1. The van der Waals surface area contributed by atoms with E-state index in [1.165, 1.54) is 5.56 Å². The Hall–Kier alpha value is -1.69. The van der Waals surface area contributed by atoms with Gasteiger partial charge in [-0.15, -0.1) is 0 Å². The van der Waals surface area contributed by atoms with E-state index in [-0.39, 0.29) is 11.5 Å². The van der Waals surface area contributed by atoms with Crippen molar-refractivity contribution in [2.75, 3.05) is 6.54 Å². The number of nitrogens with one attached hydrogen (secondary N) is 2. The van der Waals surface area contributed by atoms with Crippen molar-refractivity contribution in [2.45, 2.75) is 39.2 Å². The van der Waals surface area contributed by atoms with Crippen molar-refractivity contribution in [3.63, 3.8) is 0 Å². The molecule has 0 fully saturated rings. The predicted molar refractivity (Wildman–Crippen MR) is 86.7 cm³/mol. The van der Waals surface area contributed by atoms with Crippen LogP contribution >= 0.6 is 12.2 Å². The van der Waals surface area contributed by atoms with Crippen molar-refractivity contribution < 1.29 is 0 Å². The van der Waals surface area contributed by atoms with Crippen LogP contribution < -0.4 is 11.1 Å². The predicted octanol–water partition coefficient (Wildman–Crippen LogP) is 1.88. The first-order valence-electron chi connectivity index (χ1n) is 6.62. The summed E-state index contributed by atoms with van der Waals surface area (Å²) in [6.45, 7) is 6.69. The van der Waals surface area contributed by atoms with Crippen LogP contribution in [0.4, 0.5) is 0 Å². The zero-order valence-electron chi connectivity index (χ0n) is 12.3. The molecule has 1 aromatic rings. The Labute approximate surface area is 126 Å². The Kier molecular flexibility index (Phi) is 5.88. The number of aryl methyl sites for hydroxylation is 1. The van der Waals surface area contributed by atoms with E-state index in [1.807, 2.05) is 32.9 Å².